The fraction of sp³-hybridized carbons (Fsp3) is 0.167. The lowest BCUT2D eigenvalue weighted by molar-refractivity contribution is -0.114. The average molecular weight is 375 g/mol. The van der Waals surface area contributed by atoms with Crippen LogP contribution < -0.4 is 15.4 Å². The van der Waals surface area contributed by atoms with Gasteiger partial charge in [0.05, 0.1) is 12.2 Å². The van der Waals surface area contributed by atoms with Crippen LogP contribution in [0.4, 0.5) is 11.4 Å². The van der Waals surface area contributed by atoms with Crippen LogP contribution in [0.1, 0.15) is 6.92 Å². The molecule has 0 atom stereocenters. The number of hydrogen-bond donors (Lipinski definition) is 2. The minimum Gasteiger partial charge on any atom is -0.487 e. The van der Waals surface area contributed by atoms with E-state index in [1.54, 1.807) is 0 Å². The Labute approximate surface area is 144 Å². The van der Waals surface area contributed by atoms with E-state index in [-0.39, 0.29) is 12.5 Å². The molecule has 2 rings (SSSR count). The predicted octanol–water partition coefficient (Wildman–Crippen LogP) is 4.45. The Balaban J connectivity index is 1.91. The number of hydrogen-bond acceptors (Lipinski definition) is 3. The molecule has 0 spiro atoms. The first kappa shape index (κ1) is 17.1. The third-order valence-corrected chi connectivity index (χ3v) is 3.46. The molecule has 4 nitrogen and oxygen atoms in total. The highest BCUT2D eigenvalue weighted by Crippen LogP contribution is 2.24. The molecular weight excluding hydrogens is 356 g/mol. The van der Waals surface area contributed by atoms with Gasteiger partial charge in [-0.2, -0.15) is 0 Å². The summed E-state index contributed by atoms with van der Waals surface area (Å²) in [5, 5.41) is 5.92. The van der Waals surface area contributed by atoms with Gasteiger partial charge in [-0.25, -0.2) is 0 Å². The van der Waals surface area contributed by atoms with Crippen LogP contribution in [-0.4, -0.2) is 19.1 Å². The van der Waals surface area contributed by atoms with Gasteiger partial charge in [0, 0.05) is 10.2 Å². The van der Waals surface area contributed by atoms with E-state index in [1.807, 2.05) is 55.5 Å². The number of para-hydroxylation sites is 2. The lowest BCUT2D eigenvalue weighted by atomic mass is 10.3. The van der Waals surface area contributed by atoms with Gasteiger partial charge in [0.15, 0.2) is 0 Å². The van der Waals surface area contributed by atoms with Gasteiger partial charge >= 0.3 is 0 Å². The van der Waals surface area contributed by atoms with Gasteiger partial charge in [0.1, 0.15) is 12.4 Å². The Hall–Kier alpha value is -2.27. The fourth-order valence-corrected chi connectivity index (χ4v) is 2.12. The van der Waals surface area contributed by atoms with Crippen LogP contribution in [-0.2, 0) is 4.79 Å². The van der Waals surface area contributed by atoms with Crippen LogP contribution in [0.15, 0.2) is 65.2 Å². The van der Waals surface area contributed by atoms with E-state index in [4.69, 9.17) is 4.74 Å². The highest BCUT2D eigenvalue weighted by molar-refractivity contribution is 9.10. The minimum atomic E-state index is -0.123. The Bertz CT molecular complexity index is 684. The van der Waals surface area contributed by atoms with Crippen LogP contribution >= 0.6 is 15.9 Å². The number of nitrogens with one attached hydrogen (secondary N) is 2. The zero-order valence-electron chi connectivity index (χ0n) is 12.9. The standard InChI is InChI=1S/C18H19BrN2O2/c1-13(2)12-23-17-6-4-3-5-16(17)20-11-18(22)21-15-9-7-14(19)8-10-15/h3-10,20H,1,11-12H2,2H3,(H,21,22). The van der Waals surface area contributed by atoms with Gasteiger partial charge in [0.2, 0.25) is 5.91 Å². The first-order chi connectivity index (χ1) is 11.0. The van der Waals surface area contributed by atoms with Crippen LogP contribution in [0.2, 0.25) is 0 Å². The van der Waals surface area contributed by atoms with Gasteiger partial charge in [-0.3, -0.25) is 4.79 Å². The Morgan fingerprint density at radius 3 is 2.57 bits per heavy atom. The van der Waals surface area contributed by atoms with Gasteiger partial charge in [0.25, 0.3) is 0 Å². The summed E-state index contributed by atoms with van der Waals surface area (Å²) < 4.78 is 6.63. The second kappa shape index (κ2) is 8.39. The second-order valence-corrected chi connectivity index (χ2v) is 6.07. The summed E-state index contributed by atoms with van der Waals surface area (Å²) in [7, 11) is 0. The zero-order chi connectivity index (χ0) is 16.7. The number of halogens is 1. The first-order valence-corrected chi connectivity index (χ1v) is 7.99. The van der Waals surface area contributed by atoms with Gasteiger partial charge in [-0.1, -0.05) is 34.6 Å². The maximum Gasteiger partial charge on any atom is 0.243 e. The molecule has 0 saturated carbocycles. The number of amides is 1. The quantitative estimate of drug-likeness (QED) is 0.703. The molecule has 2 N–H and O–H groups in total. The van der Waals surface area contributed by atoms with Gasteiger partial charge < -0.3 is 15.4 Å². The largest absolute Gasteiger partial charge is 0.487 e. The molecule has 0 unspecified atom stereocenters. The predicted molar refractivity (Wildman–Crippen MR) is 98.0 cm³/mol. The molecule has 5 heteroatoms. The second-order valence-electron chi connectivity index (χ2n) is 5.15. The highest BCUT2D eigenvalue weighted by Gasteiger charge is 2.06. The van der Waals surface area contributed by atoms with E-state index >= 15 is 0 Å². The third kappa shape index (κ3) is 5.79. The maximum atomic E-state index is 12.0. The van der Waals surface area contributed by atoms with Crippen molar-refractivity contribution in [1.82, 2.24) is 0 Å². The SMILES string of the molecule is C=C(C)COc1ccccc1NCC(=O)Nc1ccc(Br)cc1. The van der Waals surface area contributed by atoms with Crippen LogP contribution in [0.25, 0.3) is 0 Å². The van der Waals surface area contributed by atoms with Crippen molar-refractivity contribution in [2.24, 2.45) is 0 Å². The van der Waals surface area contributed by atoms with E-state index in [0.717, 1.165) is 21.4 Å². The number of rotatable bonds is 7. The van der Waals surface area contributed by atoms with Crippen molar-refractivity contribution in [2.75, 3.05) is 23.8 Å². The molecule has 0 saturated heterocycles. The van der Waals surface area contributed by atoms with Crippen LogP contribution in [0.3, 0.4) is 0 Å². The molecule has 1 amide bonds. The zero-order valence-corrected chi connectivity index (χ0v) is 14.5. The molecule has 0 fully saturated rings. The molecule has 0 radical (unpaired) electrons. The summed E-state index contributed by atoms with van der Waals surface area (Å²) in [6.07, 6.45) is 0. The lowest BCUT2D eigenvalue weighted by Gasteiger charge is -2.13. The number of carbonyl (C=O) groups excluding carboxylic acids is 1. The first-order valence-electron chi connectivity index (χ1n) is 7.20. The molecule has 23 heavy (non-hydrogen) atoms. The van der Waals surface area contributed by atoms with Crippen LogP contribution in [0, 0.1) is 0 Å². The molecule has 0 aliphatic rings. The van der Waals surface area contributed by atoms with E-state index in [0.29, 0.717) is 12.4 Å². The van der Waals surface area contributed by atoms with E-state index in [9.17, 15) is 4.79 Å². The van der Waals surface area contributed by atoms with Crippen molar-refractivity contribution in [3.63, 3.8) is 0 Å². The summed E-state index contributed by atoms with van der Waals surface area (Å²) >= 11 is 3.36. The van der Waals surface area contributed by atoms with E-state index in [1.165, 1.54) is 0 Å². The maximum absolute atomic E-state index is 12.0. The third-order valence-electron chi connectivity index (χ3n) is 2.93. The van der Waals surface area contributed by atoms with Crippen molar-refractivity contribution >= 4 is 33.2 Å². The highest BCUT2D eigenvalue weighted by atomic mass is 79.9. The number of ether oxygens (including phenoxy) is 1. The topological polar surface area (TPSA) is 50.4 Å². The number of benzene rings is 2. The summed E-state index contributed by atoms with van der Waals surface area (Å²) in [5.74, 6) is 0.578. The lowest BCUT2D eigenvalue weighted by Crippen LogP contribution is -2.22. The monoisotopic (exact) mass is 374 g/mol. The molecule has 0 heterocycles. The molecule has 2 aromatic rings. The summed E-state index contributed by atoms with van der Waals surface area (Å²) in [6, 6.07) is 15.0. The average Bonchev–Trinajstić information content (AvgIpc) is 2.54. The van der Waals surface area contributed by atoms with Gasteiger partial charge in [-0.05, 0) is 48.9 Å². The van der Waals surface area contributed by atoms with E-state index in [2.05, 4.69) is 33.1 Å². The Morgan fingerprint density at radius 2 is 1.87 bits per heavy atom. The Morgan fingerprint density at radius 1 is 1.17 bits per heavy atom. The Kier molecular flexibility index (Phi) is 6.23. The molecule has 0 aromatic heterocycles. The van der Waals surface area contributed by atoms with Crippen molar-refractivity contribution in [3.8, 4) is 5.75 Å². The smallest absolute Gasteiger partial charge is 0.243 e. The molecule has 2 aromatic carbocycles. The van der Waals surface area contributed by atoms with Crippen molar-refractivity contribution in [2.45, 2.75) is 6.92 Å². The van der Waals surface area contributed by atoms with Crippen molar-refractivity contribution in [3.05, 3.63) is 65.2 Å². The normalized spacial score (nSPS) is 10.0. The fourth-order valence-electron chi connectivity index (χ4n) is 1.85. The molecule has 0 bridgehead atoms. The molecule has 0 aliphatic heterocycles. The van der Waals surface area contributed by atoms with Crippen molar-refractivity contribution in [1.29, 1.82) is 0 Å². The summed E-state index contributed by atoms with van der Waals surface area (Å²) in [5.41, 5.74) is 2.47. The summed E-state index contributed by atoms with van der Waals surface area (Å²) in [6.45, 7) is 6.32. The molecular formula is C18H19BrN2O2. The van der Waals surface area contributed by atoms with Gasteiger partial charge in [-0.15, -0.1) is 0 Å². The number of carbonyl (C=O) groups is 1. The minimum absolute atomic E-state index is 0.123. The molecule has 120 valence electrons. The van der Waals surface area contributed by atoms with Crippen molar-refractivity contribution < 1.29 is 9.53 Å². The molecule has 0 aliphatic carbocycles. The van der Waals surface area contributed by atoms with E-state index < -0.39 is 0 Å². The number of anilines is 2. The van der Waals surface area contributed by atoms with Crippen LogP contribution in [0.5, 0.6) is 5.75 Å². The summed E-state index contributed by atoms with van der Waals surface area (Å²) in [4.78, 5) is 12.0.